The van der Waals surface area contributed by atoms with Crippen molar-refractivity contribution in [1.82, 2.24) is 15.8 Å². The van der Waals surface area contributed by atoms with Gasteiger partial charge in [0.25, 0.3) is 5.91 Å². The van der Waals surface area contributed by atoms with E-state index < -0.39 is 0 Å². The number of carbonyl (C=O) groups excluding carboxylic acids is 1. The molecule has 3 aromatic rings. The van der Waals surface area contributed by atoms with Gasteiger partial charge in [0.1, 0.15) is 22.4 Å². The number of hydrogen-bond donors (Lipinski definition) is 2. The van der Waals surface area contributed by atoms with E-state index in [1.54, 1.807) is 0 Å². The van der Waals surface area contributed by atoms with Gasteiger partial charge in [-0.1, -0.05) is 42.5 Å². The first-order valence-electron chi connectivity index (χ1n) is 8.51. The molecule has 1 aromatic heterocycles. The van der Waals surface area contributed by atoms with Crippen molar-refractivity contribution in [3.8, 4) is 22.9 Å². The third kappa shape index (κ3) is 5.19. The SMILES string of the molecule is Cc1csc(/C(C#N)=C/NNC(=O)COc2ccc(-c3ccccc3)cc2)n1. The zero-order valence-corrected chi connectivity index (χ0v) is 16.0. The van der Waals surface area contributed by atoms with Crippen LogP contribution in [0.15, 0.2) is 66.2 Å². The topological polar surface area (TPSA) is 87.0 Å². The Morgan fingerprint density at radius 3 is 2.54 bits per heavy atom. The van der Waals surface area contributed by atoms with Crippen LogP contribution in [0, 0.1) is 18.3 Å². The average Bonchev–Trinajstić information content (AvgIpc) is 3.17. The van der Waals surface area contributed by atoms with Crippen molar-refractivity contribution in [3.63, 3.8) is 0 Å². The van der Waals surface area contributed by atoms with Crippen LogP contribution in [0.3, 0.4) is 0 Å². The Morgan fingerprint density at radius 2 is 1.89 bits per heavy atom. The third-order valence-corrected chi connectivity index (χ3v) is 4.72. The van der Waals surface area contributed by atoms with Gasteiger partial charge in [0, 0.05) is 17.3 Å². The molecule has 6 nitrogen and oxygen atoms in total. The normalized spacial score (nSPS) is 10.8. The molecule has 3 rings (SSSR count). The number of carbonyl (C=O) groups is 1. The van der Waals surface area contributed by atoms with E-state index in [1.165, 1.54) is 17.5 Å². The molecule has 0 radical (unpaired) electrons. The van der Waals surface area contributed by atoms with E-state index in [-0.39, 0.29) is 12.5 Å². The summed E-state index contributed by atoms with van der Waals surface area (Å²) >= 11 is 1.37. The minimum Gasteiger partial charge on any atom is -0.484 e. The van der Waals surface area contributed by atoms with E-state index in [0.29, 0.717) is 16.3 Å². The minimum atomic E-state index is -0.365. The molecule has 0 atom stereocenters. The van der Waals surface area contributed by atoms with Crippen LogP contribution in [0.1, 0.15) is 10.7 Å². The summed E-state index contributed by atoms with van der Waals surface area (Å²) in [5.41, 5.74) is 8.46. The van der Waals surface area contributed by atoms with E-state index in [2.05, 4.69) is 15.8 Å². The number of nitrogens with zero attached hydrogens (tertiary/aromatic N) is 2. The standard InChI is InChI=1S/C21H18N4O2S/c1-15-14-28-21(24-15)18(11-22)12-23-25-20(26)13-27-19-9-7-17(8-10-19)16-5-3-2-4-6-16/h2-10,12,14,23H,13H2,1H3,(H,25,26)/b18-12+. The maximum atomic E-state index is 11.9. The molecular formula is C21H18N4O2S. The number of nitriles is 1. The van der Waals surface area contributed by atoms with Crippen LogP contribution in [0.4, 0.5) is 0 Å². The lowest BCUT2D eigenvalue weighted by Crippen LogP contribution is -2.37. The molecule has 1 heterocycles. The van der Waals surface area contributed by atoms with Crippen LogP contribution in [0.5, 0.6) is 5.75 Å². The van der Waals surface area contributed by atoms with Gasteiger partial charge >= 0.3 is 0 Å². The Morgan fingerprint density at radius 1 is 1.18 bits per heavy atom. The first-order chi connectivity index (χ1) is 13.7. The van der Waals surface area contributed by atoms with Gasteiger partial charge in [0.15, 0.2) is 6.61 Å². The van der Waals surface area contributed by atoms with Crippen LogP contribution in [-0.4, -0.2) is 17.5 Å². The highest BCUT2D eigenvalue weighted by molar-refractivity contribution is 7.10. The van der Waals surface area contributed by atoms with Crippen LogP contribution >= 0.6 is 11.3 Å². The van der Waals surface area contributed by atoms with Crippen molar-refractivity contribution in [2.45, 2.75) is 6.92 Å². The van der Waals surface area contributed by atoms with Gasteiger partial charge in [0.2, 0.25) is 0 Å². The second-order valence-corrected chi connectivity index (χ2v) is 6.69. The molecule has 0 aliphatic heterocycles. The fourth-order valence-electron chi connectivity index (χ4n) is 2.37. The number of aryl methyl sites for hydroxylation is 1. The molecule has 0 saturated heterocycles. The molecule has 0 fully saturated rings. The monoisotopic (exact) mass is 390 g/mol. The number of allylic oxidation sites excluding steroid dienone is 1. The number of thiazole rings is 1. The maximum Gasteiger partial charge on any atom is 0.276 e. The second kappa shape index (κ2) is 9.35. The fourth-order valence-corrected chi connectivity index (χ4v) is 3.13. The summed E-state index contributed by atoms with van der Waals surface area (Å²) in [7, 11) is 0. The van der Waals surface area contributed by atoms with E-state index in [0.717, 1.165) is 16.8 Å². The van der Waals surface area contributed by atoms with Crippen molar-refractivity contribution in [2.24, 2.45) is 0 Å². The summed E-state index contributed by atoms with van der Waals surface area (Å²) in [6, 6.07) is 19.6. The van der Waals surface area contributed by atoms with Crippen molar-refractivity contribution < 1.29 is 9.53 Å². The minimum absolute atomic E-state index is 0.149. The summed E-state index contributed by atoms with van der Waals surface area (Å²) < 4.78 is 5.48. The highest BCUT2D eigenvalue weighted by Gasteiger charge is 2.06. The van der Waals surface area contributed by atoms with Crippen LogP contribution in [0.25, 0.3) is 16.7 Å². The average molecular weight is 390 g/mol. The number of amides is 1. The summed E-state index contributed by atoms with van der Waals surface area (Å²) in [5, 5.41) is 11.6. The largest absolute Gasteiger partial charge is 0.484 e. The van der Waals surface area contributed by atoms with Crippen molar-refractivity contribution in [3.05, 3.63) is 76.9 Å². The lowest BCUT2D eigenvalue weighted by atomic mass is 10.1. The zero-order chi connectivity index (χ0) is 19.8. The van der Waals surface area contributed by atoms with E-state index in [4.69, 9.17) is 4.74 Å². The molecule has 0 aliphatic carbocycles. The van der Waals surface area contributed by atoms with Gasteiger partial charge in [-0.15, -0.1) is 11.3 Å². The van der Waals surface area contributed by atoms with Gasteiger partial charge in [-0.3, -0.25) is 10.2 Å². The quantitative estimate of drug-likeness (QED) is 0.475. The Kier molecular flexibility index (Phi) is 6.39. The van der Waals surface area contributed by atoms with Gasteiger partial charge in [-0.05, 0) is 30.2 Å². The molecule has 0 spiro atoms. The van der Waals surface area contributed by atoms with E-state index in [9.17, 15) is 10.1 Å². The lowest BCUT2D eigenvalue weighted by Gasteiger charge is -2.08. The highest BCUT2D eigenvalue weighted by atomic mass is 32.1. The number of aromatic nitrogens is 1. The summed E-state index contributed by atoms with van der Waals surface area (Å²) in [6.45, 7) is 1.71. The maximum absolute atomic E-state index is 11.9. The van der Waals surface area contributed by atoms with Crippen molar-refractivity contribution >= 4 is 22.8 Å². The van der Waals surface area contributed by atoms with Crippen molar-refractivity contribution in [1.29, 1.82) is 5.26 Å². The summed E-state index contributed by atoms with van der Waals surface area (Å²) in [4.78, 5) is 16.1. The molecule has 140 valence electrons. The molecule has 0 bridgehead atoms. The number of nitrogens with one attached hydrogen (secondary N) is 2. The number of hydrazine groups is 1. The lowest BCUT2D eigenvalue weighted by molar-refractivity contribution is -0.123. The Bertz CT molecular complexity index is 1000. The van der Waals surface area contributed by atoms with Gasteiger partial charge in [-0.2, -0.15) is 5.26 Å². The fraction of sp³-hybridized carbons (Fsp3) is 0.0952. The number of benzene rings is 2. The third-order valence-electron chi connectivity index (χ3n) is 3.73. The predicted molar refractivity (Wildman–Crippen MR) is 109 cm³/mol. The predicted octanol–water partition coefficient (Wildman–Crippen LogP) is 3.68. The van der Waals surface area contributed by atoms with Crippen LogP contribution < -0.4 is 15.6 Å². The molecule has 0 unspecified atom stereocenters. The van der Waals surface area contributed by atoms with Crippen LogP contribution in [0.2, 0.25) is 0 Å². The van der Waals surface area contributed by atoms with Gasteiger partial charge in [0.05, 0.1) is 0 Å². The summed E-state index contributed by atoms with van der Waals surface area (Å²) in [6.07, 6.45) is 1.41. The first-order valence-corrected chi connectivity index (χ1v) is 9.39. The van der Waals surface area contributed by atoms with E-state index >= 15 is 0 Å². The molecule has 7 heteroatoms. The highest BCUT2D eigenvalue weighted by Crippen LogP contribution is 2.22. The molecule has 1 amide bonds. The van der Waals surface area contributed by atoms with E-state index in [1.807, 2.05) is 73.0 Å². The van der Waals surface area contributed by atoms with Gasteiger partial charge < -0.3 is 10.2 Å². The molecular weight excluding hydrogens is 372 g/mol. The number of rotatable bonds is 7. The Balaban J connectivity index is 1.48. The molecule has 0 aliphatic rings. The molecule has 28 heavy (non-hydrogen) atoms. The Hall–Kier alpha value is -3.63. The Labute approximate surface area is 167 Å². The molecule has 0 saturated carbocycles. The number of hydrogen-bond acceptors (Lipinski definition) is 6. The zero-order valence-electron chi connectivity index (χ0n) is 15.2. The van der Waals surface area contributed by atoms with Gasteiger partial charge in [-0.25, -0.2) is 4.98 Å². The second-order valence-electron chi connectivity index (χ2n) is 5.84. The number of ether oxygens (including phenoxy) is 1. The van der Waals surface area contributed by atoms with Crippen LogP contribution in [-0.2, 0) is 4.79 Å². The smallest absolute Gasteiger partial charge is 0.276 e. The first kappa shape index (κ1) is 19.1. The molecule has 2 aromatic carbocycles. The molecule has 2 N–H and O–H groups in total. The van der Waals surface area contributed by atoms with Crippen molar-refractivity contribution in [2.75, 3.05) is 6.61 Å². The summed E-state index contributed by atoms with van der Waals surface area (Å²) in [5.74, 6) is 0.234.